The average Bonchev–Trinajstić information content (AvgIpc) is 3.03. The number of nitrogens with zero attached hydrogens (tertiary/aromatic N) is 5. The van der Waals surface area contributed by atoms with Gasteiger partial charge in [0.15, 0.2) is 5.82 Å². The quantitative estimate of drug-likeness (QED) is 0.671. The minimum Gasteiger partial charge on any atom is -0.444 e. The van der Waals surface area contributed by atoms with Crippen molar-refractivity contribution in [3.63, 3.8) is 0 Å². The number of piperidine rings is 1. The summed E-state index contributed by atoms with van der Waals surface area (Å²) in [5.41, 5.74) is 1.39. The summed E-state index contributed by atoms with van der Waals surface area (Å²) in [6, 6.07) is 1.88. The predicted molar refractivity (Wildman–Crippen MR) is 116 cm³/mol. The molecule has 0 radical (unpaired) electrons. The maximum absolute atomic E-state index is 12.4. The Kier molecular flexibility index (Phi) is 5.81. The third-order valence-electron chi connectivity index (χ3n) is 5.68. The molecule has 2 aromatic rings. The van der Waals surface area contributed by atoms with Gasteiger partial charge in [0.2, 0.25) is 0 Å². The van der Waals surface area contributed by atoms with Crippen LogP contribution in [0, 0.1) is 0 Å². The smallest absolute Gasteiger partial charge is 0.410 e. The van der Waals surface area contributed by atoms with E-state index in [1.807, 2.05) is 33.9 Å². The van der Waals surface area contributed by atoms with Crippen LogP contribution in [-0.4, -0.2) is 70.5 Å². The van der Waals surface area contributed by atoms with Crippen LogP contribution in [0.3, 0.4) is 0 Å². The fraction of sp³-hybridized carbons (Fsp3) is 0.667. The zero-order valence-electron chi connectivity index (χ0n) is 18.2. The molecule has 2 fully saturated rings. The van der Waals surface area contributed by atoms with E-state index in [0.29, 0.717) is 31.5 Å². The zero-order chi connectivity index (χ0) is 21.5. The molecule has 0 unspecified atom stereocenters. The number of anilines is 1. The number of fused-ring (bicyclic) bond motifs is 1. The van der Waals surface area contributed by atoms with Crippen LogP contribution >= 0.6 is 11.6 Å². The van der Waals surface area contributed by atoms with Crippen molar-refractivity contribution in [2.75, 3.05) is 44.3 Å². The van der Waals surface area contributed by atoms with Crippen molar-refractivity contribution in [3.8, 4) is 0 Å². The van der Waals surface area contributed by atoms with Gasteiger partial charge in [0.25, 0.3) is 0 Å². The molecular weight excluding hydrogens is 406 g/mol. The molecule has 2 saturated heterocycles. The average molecular weight is 436 g/mol. The second-order valence-electron chi connectivity index (χ2n) is 9.01. The van der Waals surface area contributed by atoms with Crippen LogP contribution < -0.4 is 4.90 Å². The van der Waals surface area contributed by atoms with Gasteiger partial charge in [0.05, 0.1) is 18.7 Å². The minimum absolute atomic E-state index is 0.239. The van der Waals surface area contributed by atoms with E-state index < -0.39 is 5.60 Å². The number of carbonyl (C=O) groups excluding carboxylic acids is 1. The van der Waals surface area contributed by atoms with Crippen molar-refractivity contribution >= 4 is 34.5 Å². The molecule has 0 spiro atoms. The Morgan fingerprint density at radius 2 is 1.83 bits per heavy atom. The van der Waals surface area contributed by atoms with Gasteiger partial charge < -0.3 is 23.8 Å². The van der Waals surface area contributed by atoms with E-state index in [1.165, 1.54) is 0 Å². The number of rotatable bonds is 2. The van der Waals surface area contributed by atoms with Gasteiger partial charge >= 0.3 is 6.09 Å². The molecule has 164 valence electrons. The van der Waals surface area contributed by atoms with E-state index in [2.05, 4.69) is 14.5 Å². The molecule has 9 heteroatoms. The molecule has 0 N–H and O–H groups in total. The highest BCUT2D eigenvalue weighted by molar-refractivity contribution is 6.30. The summed E-state index contributed by atoms with van der Waals surface area (Å²) >= 11 is 6.35. The second kappa shape index (κ2) is 8.23. The lowest BCUT2D eigenvalue weighted by molar-refractivity contribution is 0.0202. The standard InChI is InChI=1S/C21H30ClN5O3/c1-21(2,3)30-20(28)27-7-5-14(6-8-27)18-24-17-15(25(18)4)13-16(22)23-19(17)26-9-11-29-12-10-26/h13-14H,5-12H2,1-4H3. The molecule has 4 rings (SSSR count). The predicted octanol–water partition coefficient (Wildman–Crippen LogP) is 3.57. The maximum atomic E-state index is 12.4. The number of likely N-dealkylation sites (tertiary alicyclic amines) is 1. The highest BCUT2D eigenvalue weighted by Gasteiger charge is 2.30. The summed E-state index contributed by atoms with van der Waals surface area (Å²) in [5, 5.41) is 0.471. The van der Waals surface area contributed by atoms with E-state index in [9.17, 15) is 4.79 Å². The Labute approximate surface area is 182 Å². The molecule has 0 bridgehead atoms. The number of amides is 1. The summed E-state index contributed by atoms with van der Waals surface area (Å²) in [7, 11) is 2.03. The van der Waals surface area contributed by atoms with Crippen molar-refractivity contribution in [1.82, 2.24) is 19.4 Å². The number of carbonyl (C=O) groups is 1. The molecule has 0 atom stereocenters. The van der Waals surface area contributed by atoms with Crippen LogP contribution in [0.2, 0.25) is 5.15 Å². The van der Waals surface area contributed by atoms with Crippen molar-refractivity contribution in [3.05, 3.63) is 17.0 Å². The van der Waals surface area contributed by atoms with Gasteiger partial charge in [0.1, 0.15) is 22.1 Å². The largest absolute Gasteiger partial charge is 0.444 e. The van der Waals surface area contributed by atoms with E-state index in [0.717, 1.165) is 48.6 Å². The van der Waals surface area contributed by atoms with Crippen LogP contribution in [0.5, 0.6) is 0 Å². The van der Waals surface area contributed by atoms with Gasteiger partial charge in [-0.3, -0.25) is 0 Å². The monoisotopic (exact) mass is 435 g/mol. The Balaban J connectivity index is 1.55. The van der Waals surface area contributed by atoms with Crippen LogP contribution in [-0.2, 0) is 16.5 Å². The molecule has 2 aliphatic rings. The molecule has 0 saturated carbocycles. The van der Waals surface area contributed by atoms with Gasteiger partial charge in [0, 0.05) is 45.2 Å². The molecular formula is C21H30ClN5O3. The molecule has 30 heavy (non-hydrogen) atoms. The fourth-order valence-corrected chi connectivity index (χ4v) is 4.35. The summed E-state index contributed by atoms with van der Waals surface area (Å²) in [6.07, 6.45) is 1.46. The highest BCUT2D eigenvalue weighted by Crippen LogP contribution is 2.34. The summed E-state index contributed by atoms with van der Waals surface area (Å²) < 4.78 is 13.1. The normalized spacial score (nSPS) is 18.8. The van der Waals surface area contributed by atoms with Gasteiger partial charge in [-0.25, -0.2) is 14.8 Å². The van der Waals surface area contributed by atoms with Crippen molar-refractivity contribution in [2.24, 2.45) is 7.05 Å². The number of pyridine rings is 1. The first kappa shape index (κ1) is 21.2. The lowest BCUT2D eigenvalue weighted by atomic mass is 9.96. The van der Waals surface area contributed by atoms with Crippen LogP contribution in [0.15, 0.2) is 6.07 Å². The number of aryl methyl sites for hydroxylation is 1. The summed E-state index contributed by atoms with van der Waals surface area (Å²) in [6.45, 7) is 9.92. The topological polar surface area (TPSA) is 72.7 Å². The Hall–Kier alpha value is -2.06. The number of ether oxygens (including phenoxy) is 2. The van der Waals surface area contributed by atoms with Gasteiger partial charge in [-0.15, -0.1) is 0 Å². The fourth-order valence-electron chi connectivity index (χ4n) is 4.17. The summed E-state index contributed by atoms with van der Waals surface area (Å²) in [4.78, 5) is 25.9. The third-order valence-corrected chi connectivity index (χ3v) is 5.87. The van der Waals surface area contributed by atoms with E-state index in [-0.39, 0.29) is 12.0 Å². The second-order valence-corrected chi connectivity index (χ2v) is 9.39. The van der Waals surface area contributed by atoms with Gasteiger partial charge in [-0.2, -0.15) is 0 Å². The van der Waals surface area contributed by atoms with Gasteiger partial charge in [-0.05, 0) is 33.6 Å². The Morgan fingerprint density at radius 1 is 1.17 bits per heavy atom. The van der Waals surface area contributed by atoms with E-state index in [1.54, 1.807) is 4.90 Å². The molecule has 0 aliphatic carbocycles. The Bertz CT molecular complexity index is 925. The zero-order valence-corrected chi connectivity index (χ0v) is 18.9. The lowest BCUT2D eigenvalue weighted by Crippen LogP contribution is -2.41. The Morgan fingerprint density at radius 3 is 2.47 bits per heavy atom. The third kappa shape index (κ3) is 4.34. The lowest BCUT2D eigenvalue weighted by Gasteiger charge is -2.33. The van der Waals surface area contributed by atoms with E-state index >= 15 is 0 Å². The summed E-state index contributed by atoms with van der Waals surface area (Å²) in [5.74, 6) is 2.12. The first-order chi connectivity index (χ1) is 14.2. The van der Waals surface area contributed by atoms with Crippen LogP contribution in [0.1, 0.15) is 45.4 Å². The molecule has 2 aliphatic heterocycles. The number of morpholine rings is 1. The number of halogens is 1. The van der Waals surface area contributed by atoms with Crippen molar-refractivity contribution in [1.29, 1.82) is 0 Å². The van der Waals surface area contributed by atoms with Crippen LogP contribution in [0.25, 0.3) is 11.0 Å². The SMILES string of the molecule is Cn1c(C2CCN(C(=O)OC(C)(C)C)CC2)nc2c(N3CCOCC3)nc(Cl)cc21. The molecule has 8 nitrogen and oxygen atoms in total. The van der Waals surface area contributed by atoms with Gasteiger partial charge in [-0.1, -0.05) is 11.6 Å². The number of hydrogen-bond donors (Lipinski definition) is 0. The highest BCUT2D eigenvalue weighted by atomic mass is 35.5. The number of imidazole rings is 1. The molecule has 0 aromatic carbocycles. The minimum atomic E-state index is -0.479. The first-order valence-electron chi connectivity index (χ1n) is 10.6. The number of aromatic nitrogens is 3. The maximum Gasteiger partial charge on any atom is 0.410 e. The first-order valence-corrected chi connectivity index (χ1v) is 10.9. The van der Waals surface area contributed by atoms with Crippen molar-refractivity contribution in [2.45, 2.75) is 45.1 Å². The van der Waals surface area contributed by atoms with Crippen molar-refractivity contribution < 1.29 is 14.3 Å². The molecule has 4 heterocycles. The molecule has 2 aromatic heterocycles. The van der Waals surface area contributed by atoms with Crippen LogP contribution in [0.4, 0.5) is 10.6 Å². The molecule has 1 amide bonds. The number of hydrogen-bond acceptors (Lipinski definition) is 6. The van der Waals surface area contributed by atoms with E-state index in [4.69, 9.17) is 26.1 Å².